The molecule has 3 N–H and O–H groups in total. The normalized spacial score (nSPS) is 20.7. The van der Waals surface area contributed by atoms with Crippen LogP contribution in [0.5, 0.6) is 5.75 Å². The van der Waals surface area contributed by atoms with Crippen LogP contribution in [-0.2, 0) is 32.0 Å². The number of carboxylic acid groups (broad SMARTS) is 1. The number of phenols is 1. The van der Waals surface area contributed by atoms with Crippen LogP contribution in [0.15, 0.2) is 42.5 Å². The highest BCUT2D eigenvalue weighted by atomic mass is 16.6. The second-order valence-electron chi connectivity index (χ2n) is 13.7. The number of anilines is 1. The van der Waals surface area contributed by atoms with E-state index in [1.807, 2.05) is 29.2 Å². The van der Waals surface area contributed by atoms with Crippen LogP contribution in [-0.4, -0.2) is 135 Å². The first-order chi connectivity index (χ1) is 24.0. The Balaban J connectivity index is 1.06. The van der Waals surface area contributed by atoms with Gasteiger partial charge in [0, 0.05) is 76.4 Å². The lowest BCUT2D eigenvalue weighted by Crippen LogP contribution is -2.51. The number of urea groups is 1. The van der Waals surface area contributed by atoms with Crippen molar-refractivity contribution in [3.8, 4) is 5.75 Å². The summed E-state index contributed by atoms with van der Waals surface area (Å²) < 4.78 is 5.98. The highest BCUT2D eigenvalue weighted by Crippen LogP contribution is 2.26. The van der Waals surface area contributed by atoms with E-state index >= 15 is 0 Å². The highest BCUT2D eigenvalue weighted by molar-refractivity contribution is 5.91. The molecule has 0 aromatic heterocycles. The molecule has 3 saturated heterocycles. The Labute approximate surface area is 291 Å². The Morgan fingerprint density at radius 1 is 0.900 bits per heavy atom. The van der Waals surface area contributed by atoms with E-state index in [-0.39, 0.29) is 54.9 Å². The van der Waals surface area contributed by atoms with Crippen LogP contribution in [0.2, 0.25) is 0 Å². The molecular formula is C36H46N6O8. The summed E-state index contributed by atoms with van der Waals surface area (Å²) >= 11 is 0. The third kappa shape index (κ3) is 8.12. The number of para-hydroxylation sites is 1. The molecule has 0 bridgehead atoms. The molecule has 0 saturated carbocycles. The number of likely N-dealkylation sites (tertiary alicyclic amines) is 2. The van der Waals surface area contributed by atoms with E-state index in [2.05, 4.69) is 10.2 Å². The van der Waals surface area contributed by atoms with Crippen LogP contribution >= 0.6 is 0 Å². The number of carbonyl (C=O) groups excluding carboxylic acids is 4. The van der Waals surface area contributed by atoms with Gasteiger partial charge in [-0.15, -0.1) is 0 Å². The number of nitrogens with one attached hydrogen (secondary N) is 1. The number of ether oxygens (including phenoxy) is 1. The Hall–Kier alpha value is -4.85. The molecule has 2 aromatic carbocycles. The molecule has 5 amide bonds. The Morgan fingerprint density at radius 2 is 1.64 bits per heavy atom. The van der Waals surface area contributed by atoms with Crippen molar-refractivity contribution in [2.24, 2.45) is 0 Å². The van der Waals surface area contributed by atoms with Crippen LogP contribution < -0.4 is 5.32 Å². The first-order valence-corrected chi connectivity index (χ1v) is 17.5. The zero-order valence-corrected chi connectivity index (χ0v) is 28.5. The van der Waals surface area contributed by atoms with Crippen LogP contribution in [0.4, 0.5) is 15.3 Å². The molecule has 14 heteroatoms. The summed E-state index contributed by atoms with van der Waals surface area (Å²) in [5, 5.41) is 22.0. The van der Waals surface area contributed by atoms with Gasteiger partial charge < -0.3 is 39.9 Å². The third-order valence-electron chi connectivity index (χ3n) is 10.4. The maximum Gasteiger partial charge on any atom is 0.410 e. The largest absolute Gasteiger partial charge is 0.508 e. The molecule has 4 aliphatic rings. The average molecular weight is 691 g/mol. The first kappa shape index (κ1) is 35.0. The number of fused-ring (bicyclic) bond motifs is 1. The van der Waals surface area contributed by atoms with E-state index in [1.165, 1.54) is 0 Å². The molecule has 2 atom stereocenters. The fraction of sp³-hybridized carbons (Fsp3) is 0.528. The zero-order valence-electron chi connectivity index (χ0n) is 28.5. The molecule has 268 valence electrons. The molecular weight excluding hydrogens is 644 g/mol. The molecule has 1 unspecified atom stereocenters. The van der Waals surface area contributed by atoms with Gasteiger partial charge in [-0.1, -0.05) is 30.3 Å². The topological polar surface area (TPSA) is 163 Å². The molecule has 4 heterocycles. The number of aryl methyl sites for hydroxylation is 1. The predicted molar refractivity (Wildman–Crippen MR) is 182 cm³/mol. The van der Waals surface area contributed by atoms with Gasteiger partial charge in [-0.3, -0.25) is 19.3 Å². The summed E-state index contributed by atoms with van der Waals surface area (Å²) in [6, 6.07) is 12.7. The minimum absolute atomic E-state index is 0.0275. The molecule has 0 radical (unpaired) electrons. The quantitative estimate of drug-likeness (QED) is 0.359. The number of benzene rings is 2. The van der Waals surface area contributed by atoms with Crippen molar-refractivity contribution in [2.75, 3.05) is 57.8 Å². The number of carboxylic acids is 1. The second-order valence-corrected chi connectivity index (χ2v) is 13.7. The van der Waals surface area contributed by atoms with E-state index in [9.17, 15) is 29.1 Å². The summed E-state index contributed by atoms with van der Waals surface area (Å²) in [5.41, 5.74) is 3.33. The predicted octanol–water partition coefficient (Wildman–Crippen LogP) is 2.87. The highest BCUT2D eigenvalue weighted by Gasteiger charge is 2.39. The van der Waals surface area contributed by atoms with Gasteiger partial charge in [-0.2, -0.15) is 0 Å². The van der Waals surface area contributed by atoms with E-state index in [4.69, 9.17) is 9.84 Å². The lowest BCUT2D eigenvalue weighted by atomic mass is 10.0. The third-order valence-corrected chi connectivity index (χ3v) is 10.4. The number of hydrogen-bond donors (Lipinski definition) is 3. The van der Waals surface area contributed by atoms with Crippen LogP contribution in [0.3, 0.4) is 0 Å². The Kier molecular flexibility index (Phi) is 10.8. The van der Waals surface area contributed by atoms with Gasteiger partial charge in [0.1, 0.15) is 5.75 Å². The molecule has 4 aliphatic heterocycles. The summed E-state index contributed by atoms with van der Waals surface area (Å²) in [5.74, 6) is -1.35. The summed E-state index contributed by atoms with van der Waals surface area (Å²) in [7, 11) is 0. The summed E-state index contributed by atoms with van der Waals surface area (Å²) in [4.78, 5) is 73.0. The average Bonchev–Trinajstić information content (AvgIpc) is 3.77. The number of rotatable bonds is 9. The summed E-state index contributed by atoms with van der Waals surface area (Å²) in [6.07, 6.45) is 0.904. The molecule has 6 rings (SSSR count). The monoisotopic (exact) mass is 690 g/mol. The number of nitrogens with zero attached hydrogens (tertiary/aromatic N) is 5. The van der Waals surface area contributed by atoms with Gasteiger partial charge in [0.05, 0.1) is 13.1 Å². The second kappa shape index (κ2) is 15.4. The lowest BCUT2D eigenvalue weighted by Gasteiger charge is -2.38. The van der Waals surface area contributed by atoms with Gasteiger partial charge in [-0.05, 0) is 61.4 Å². The zero-order chi connectivity index (χ0) is 35.4. The molecule has 0 aliphatic carbocycles. The fourth-order valence-corrected chi connectivity index (χ4v) is 7.46. The maximum atomic E-state index is 14.0. The van der Waals surface area contributed by atoms with Crippen molar-refractivity contribution >= 4 is 35.6 Å². The molecule has 0 spiro atoms. The molecule has 14 nitrogen and oxygen atoms in total. The van der Waals surface area contributed by atoms with Crippen LogP contribution in [0.25, 0.3) is 0 Å². The Bertz CT molecular complexity index is 1610. The van der Waals surface area contributed by atoms with Gasteiger partial charge in [0.2, 0.25) is 5.91 Å². The maximum absolute atomic E-state index is 14.0. The number of aliphatic carboxylic acids is 1. The van der Waals surface area contributed by atoms with E-state index in [0.29, 0.717) is 70.9 Å². The standard InChI is InChI=1S/C36H46N6O8/c1-24-20-25(6-7-30(24)43)21-31(34(47)41-19-18-40(23-41)28-13-16-39(22-28)32(44)8-9-33(45)46)50-36(49)38-14-11-27(12-15-38)42-17-10-26-4-2-3-5-29(26)37-35(42)48/h2-7,20,27-28,31,43H,8-19,21-23H2,1H3,(H,37,48)(H,45,46)/t28?,31-/m1/s1. The van der Waals surface area contributed by atoms with Crippen LogP contribution in [0.1, 0.15) is 48.8 Å². The number of phenolic OH excluding ortho intramolecular Hbond substituents is 1. The van der Waals surface area contributed by atoms with E-state index < -0.39 is 18.2 Å². The summed E-state index contributed by atoms with van der Waals surface area (Å²) in [6.45, 7) is 5.54. The number of piperidine rings is 1. The SMILES string of the molecule is Cc1cc(C[C@@H](OC(=O)N2CCC(N3CCc4ccccc4NC3=O)CC2)C(=O)N2CCN(C3CCN(C(=O)CCC(=O)O)C3)C2)ccc1O. The first-order valence-electron chi connectivity index (χ1n) is 17.5. The number of aromatic hydroxyl groups is 1. The van der Waals surface area contributed by atoms with Gasteiger partial charge >= 0.3 is 18.1 Å². The van der Waals surface area contributed by atoms with Gasteiger partial charge in [0.25, 0.3) is 5.91 Å². The molecule has 3 fully saturated rings. The lowest BCUT2D eigenvalue weighted by molar-refractivity contribution is -0.140. The van der Waals surface area contributed by atoms with Crippen molar-refractivity contribution in [2.45, 2.75) is 70.1 Å². The van der Waals surface area contributed by atoms with Crippen molar-refractivity contribution in [1.29, 1.82) is 0 Å². The molecule has 2 aromatic rings. The van der Waals surface area contributed by atoms with E-state index in [0.717, 1.165) is 29.7 Å². The minimum Gasteiger partial charge on any atom is -0.508 e. The Morgan fingerprint density at radius 3 is 2.40 bits per heavy atom. The van der Waals surface area contributed by atoms with E-state index in [1.54, 1.807) is 39.8 Å². The van der Waals surface area contributed by atoms with Crippen molar-refractivity contribution in [3.05, 3.63) is 59.2 Å². The molecule has 50 heavy (non-hydrogen) atoms. The van der Waals surface area contributed by atoms with Gasteiger partial charge in [-0.25, -0.2) is 9.59 Å². The fourth-order valence-electron chi connectivity index (χ4n) is 7.46. The number of hydrogen-bond acceptors (Lipinski definition) is 8. The van der Waals surface area contributed by atoms with Crippen molar-refractivity contribution < 1.29 is 38.9 Å². The number of amides is 5. The number of carbonyl (C=O) groups is 5. The smallest absolute Gasteiger partial charge is 0.410 e. The van der Waals surface area contributed by atoms with Crippen LogP contribution in [0, 0.1) is 6.92 Å². The van der Waals surface area contributed by atoms with Gasteiger partial charge in [0.15, 0.2) is 6.10 Å². The van der Waals surface area contributed by atoms with Crippen molar-refractivity contribution in [1.82, 2.24) is 24.5 Å². The van der Waals surface area contributed by atoms with Crippen molar-refractivity contribution in [3.63, 3.8) is 0 Å². The minimum atomic E-state index is -1.09.